The van der Waals surface area contributed by atoms with Gasteiger partial charge >= 0.3 is 5.97 Å². The minimum Gasteiger partial charge on any atom is -0.481 e. The van der Waals surface area contributed by atoms with Crippen LogP contribution in [0.1, 0.15) is 29.5 Å². The zero-order valence-electron chi connectivity index (χ0n) is 18.9. The van der Waals surface area contributed by atoms with Crippen LogP contribution in [0.2, 0.25) is 0 Å². The van der Waals surface area contributed by atoms with E-state index in [0.717, 1.165) is 42.6 Å². The van der Waals surface area contributed by atoms with Crippen LogP contribution in [0.25, 0.3) is 34.0 Å². The Morgan fingerprint density at radius 1 is 0.941 bits per heavy atom. The summed E-state index contributed by atoms with van der Waals surface area (Å²) >= 11 is 0. The molecule has 1 aromatic heterocycles. The van der Waals surface area contributed by atoms with Crippen LogP contribution in [0.4, 0.5) is 0 Å². The van der Waals surface area contributed by atoms with Crippen molar-refractivity contribution < 1.29 is 14.4 Å². The molecule has 1 aliphatic heterocycles. The summed E-state index contributed by atoms with van der Waals surface area (Å²) < 4.78 is 5.62. The summed E-state index contributed by atoms with van der Waals surface area (Å²) in [6.45, 7) is 3.80. The normalized spacial score (nSPS) is 19.6. The lowest BCUT2D eigenvalue weighted by molar-refractivity contribution is -0.147. The summed E-state index contributed by atoms with van der Waals surface area (Å²) in [7, 11) is 0. The maximum Gasteiger partial charge on any atom is 0.306 e. The minimum atomic E-state index is -0.673. The second-order valence-electron chi connectivity index (χ2n) is 9.37. The van der Waals surface area contributed by atoms with Gasteiger partial charge in [-0.15, -0.1) is 0 Å². The van der Waals surface area contributed by atoms with E-state index >= 15 is 0 Å². The number of carboxylic acids is 1. The molecule has 6 rings (SSSR count). The van der Waals surface area contributed by atoms with E-state index in [2.05, 4.69) is 58.4 Å². The smallest absolute Gasteiger partial charge is 0.306 e. The molecule has 1 saturated carbocycles. The van der Waals surface area contributed by atoms with Gasteiger partial charge in [0.1, 0.15) is 0 Å². The number of carboxylic acid groups (broad SMARTS) is 1. The predicted octanol–water partition coefficient (Wildman–Crippen LogP) is 5.56. The number of nitrogens with zero attached hydrogens (tertiary/aromatic N) is 3. The molecule has 0 unspecified atom stereocenters. The maximum absolute atomic E-state index is 11.1. The van der Waals surface area contributed by atoms with Gasteiger partial charge in [0.2, 0.25) is 5.82 Å². The molecule has 6 heteroatoms. The zero-order valence-corrected chi connectivity index (χ0v) is 18.9. The highest BCUT2D eigenvalue weighted by Gasteiger charge is 2.39. The number of aliphatic carboxylic acids is 1. The van der Waals surface area contributed by atoms with Crippen molar-refractivity contribution in [2.45, 2.75) is 38.9 Å². The van der Waals surface area contributed by atoms with Crippen molar-refractivity contribution in [1.82, 2.24) is 15.0 Å². The van der Waals surface area contributed by atoms with Crippen molar-refractivity contribution in [2.75, 3.05) is 0 Å². The Balaban J connectivity index is 1.19. The molecule has 0 spiro atoms. The lowest BCUT2D eigenvalue weighted by Crippen LogP contribution is -2.44. The van der Waals surface area contributed by atoms with E-state index in [1.165, 1.54) is 22.3 Å². The largest absolute Gasteiger partial charge is 0.481 e. The number of hydrogen-bond acceptors (Lipinski definition) is 5. The Kier molecular flexibility index (Phi) is 5.03. The minimum absolute atomic E-state index is 0.188. The molecule has 6 nitrogen and oxygen atoms in total. The number of fused-ring (bicyclic) bond motifs is 1. The van der Waals surface area contributed by atoms with Crippen molar-refractivity contribution >= 4 is 5.97 Å². The topological polar surface area (TPSA) is 79.5 Å². The molecule has 2 heterocycles. The third kappa shape index (κ3) is 3.70. The van der Waals surface area contributed by atoms with Gasteiger partial charge in [0.05, 0.1) is 5.92 Å². The quantitative estimate of drug-likeness (QED) is 0.428. The molecule has 1 N–H and O–H groups in total. The molecule has 1 fully saturated rings. The van der Waals surface area contributed by atoms with Crippen molar-refractivity contribution in [2.24, 2.45) is 5.92 Å². The van der Waals surface area contributed by atoms with Crippen LogP contribution < -0.4 is 0 Å². The van der Waals surface area contributed by atoms with E-state index in [0.29, 0.717) is 17.8 Å². The molecule has 34 heavy (non-hydrogen) atoms. The summed E-state index contributed by atoms with van der Waals surface area (Å²) in [6.07, 6.45) is 1.49. The van der Waals surface area contributed by atoms with Gasteiger partial charge in [-0.1, -0.05) is 53.7 Å². The number of aromatic nitrogens is 2. The van der Waals surface area contributed by atoms with Gasteiger partial charge in [-0.05, 0) is 65.8 Å². The van der Waals surface area contributed by atoms with Crippen LogP contribution in [0.5, 0.6) is 0 Å². The first-order valence-corrected chi connectivity index (χ1v) is 11.6. The Hall–Kier alpha value is -3.77. The fourth-order valence-corrected chi connectivity index (χ4v) is 5.10. The zero-order chi connectivity index (χ0) is 23.2. The van der Waals surface area contributed by atoms with Crippen LogP contribution in [0.3, 0.4) is 0 Å². The lowest BCUT2D eigenvalue weighted by atomic mass is 9.79. The van der Waals surface area contributed by atoms with Gasteiger partial charge < -0.3 is 9.63 Å². The van der Waals surface area contributed by atoms with Crippen molar-refractivity contribution in [3.05, 3.63) is 83.4 Å². The third-order valence-corrected chi connectivity index (χ3v) is 7.17. The highest BCUT2D eigenvalue weighted by Crippen LogP contribution is 2.38. The van der Waals surface area contributed by atoms with Crippen LogP contribution in [-0.4, -0.2) is 32.2 Å². The molecule has 0 bridgehead atoms. The first-order valence-electron chi connectivity index (χ1n) is 11.6. The first kappa shape index (κ1) is 20.8. The summed E-state index contributed by atoms with van der Waals surface area (Å²) in [4.78, 5) is 18.2. The molecule has 0 radical (unpaired) electrons. The Morgan fingerprint density at radius 2 is 1.71 bits per heavy atom. The van der Waals surface area contributed by atoms with Gasteiger partial charge in [0, 0.05) is 30.3 Å². The Labute approximate surface area is 197 Å². The van der Waals surface area contributed by atoms with Crippen LogP contribution in [0, 0.1) is 12.8 Å². The molecule has 0 atom stereocenters. The van der Waals surface area contributed by atoms with Crippen molar-refractivity contribution in [3.8, 4) is 34.0 Å². The van der Waals surface area contributed by atoms with E-state index in [1.54, 1.807) is 0 Å². The summed E-state index contributed by atoms with van der Waals surface area (Å²) in [5, 5.41) is 13.4. The highest BCUT2D eigenvalue weighted by molar-refractivity contribution is 5.72. The van der Waals surface area contributed by atoms with Crippen LogP contribution in [-0.2, 0) is 17.9 Å². The second kappa shape index (κ2) is 8.22. The number of benzene rings is 3. The van der Waals surface area contributed by atoms with Crippen LogP contribution in [0.15, 0.2) is 71.3 Å². The molecule has 0 amide bonds. The van der Waals surface area contributed by atoms with Gasteiger partial charge in [-0.2, -0.15) is 4.98 Å². The number of rotatable bonds is 5. The monoisotopic (exact) mass is 451 g/mol. The lowest BCUT2D eigenvalue weighted by Gasteiger charge is -2.39. The maximum atomic E-state index is 11.1. The molecule has 2 aliphatic rings. The first-order chi connectivity index (χ1) is 16.5. The summed E-state index contributed by atoms with van der Waals surface area (Å²) in [6, 6.07) is 23.2. The molecule has 0 saturated heterocycles. The summed E-state index contributed by atoms with van der Waals surface area (Å²) in [5.41, 5.74) is 7.91. The molecule has 3 aromatic carbocycles. The number of carbonyl (C=O) groups is 1. The van der Waals surface area contributed by atoms with E-state index in [4.69, 9.17) is 9.63 Å². The Morgan fingerprint density at radius 3 is 2.47 bits per heavy atom. The van der Waals surface area contributed by atoms with Gasteiger partial charge in [0.25, 0.3) is 5.89 Å². The Bertz CT molecular complexity index is 1370. The van der Waals surface area contributed by atoms with Gasteiger partial charge in [0.15, 0.2) is 0 Å². The standard InChI is InChI=1S/C28H25N3O3/c1-17-11-20(9-10-25(17)18-5-3-2-4-6-18)27-29-26(30-34-27)19-7-8-21-15-31(16-23(21)12-19)24-13-22(14-24)28(32)33/h2-12,22,24H,13-16H2,1H3,(H,32,33)/t22-,24+. The molecule has 170 valence electrons. The number of hydrogen-bond donors (Lipinski definition) is 1. The van der Waals surface area contributed by atoms with Crippen molar-refractivity contribution in [1.29, 1.82) is 0 Å². The second-order valence-corrected chi connectivity index (χ2v) is 9.37. The van der Waals surface area contributed by atoms with Crippen molar-refractivity contribution in [3.63, 3.8) is 0 Å². The van der Waals surface area contributed by atoms with Gasteiger partial charge in [-0.3, -0.25) is 9.69 Å². The van der Waals surface area contributed by atoms with Gasteiger partial charge in [-0.25, -0.2) is 0 Å². The number of aryl methyl sites for hydroxylation is 1. The average molecular weight is 452 g/mol. The van der Waals surface area contributed by atoms with Crippen LogP contribution >= 0.6 is 0 Å². The highest BCUT2D eigenvalue weighted by atomic mass is 16.5. The SMILES string of the molecule is Cc1cc(-c2nc(-c3ccc4c(c3)CN([C@H]3C[C@@H](C(=O)O)C3)C4)no2)ccc1-c1ccccc1. The fraction of sp³-hybridized carbons (Fsp3) is 0.250. The third-order valence-electron chi connectivity index (χ3n) is 7.17. The fourth-order valence-electron chi connectivity index (χ4n) is 5.10. The summed E-state index contributed by atoms with van der Waals surface area (Å²) in [5.74, 6) is 0.227. The van der Waals surface area contributed by atoms with E-state index in [-0.39, 0.29) is 5.92 Å². The molecular formula is C28H25N3O3. The van der Waals surface area contributed by atoms with E-state index in [9.17, 15) is 4.79 Å². The molecular weight excluding hydrogens is 426 g/mol. The molecule has 4 aromatic rings. The predicted molar refractivity (Wildman–Crippen MR) is 129 cm³/mol. The van der Waals surface area contributed by atoms with E-state index in [1.807, 2.05) is 30.3 Å². The molecule has 1 aliphatic carbocycles. The van der Waals surface area contributed by atoms with E-state index < -0.39 is 5.97 Å². The average Bonchev–Trinajstić information content (AvgIpc) is 3.45.